The van der Waals surface area contributed by atoms with Crippen molar-refractivity contribution in [3.05, 3.63) is 53.6 Å². The highest BCUT2D eigenvalue weighted by atomic mass is 32.2. The molecule has 2 aromatic rings. The van der Waals surface area contributed by atoms with Crippen LogP contribution in [0.2, 0.25) is 0 Å². The molecular weight excluding hydrogens is 299 g/mol. The molecule has 7 heteroatoms. The number of aryl methyl sites for hydroxylation is 1. The Hall–Kier alpha value is -1.60. The summed E-state index contributed by atoms with van der Waals surface area (Å²) in [5.74, 6) is 0. The van der Waals surface area contributed by atoms with Crippen molar-refractivity contribution < 1.29 is 13.2 Å². The highest BCUT2D eigenvalue weighted by Gasteiger charge is 2.28. The third-order valence-corrected chi connectivity index (χ3v) is 3.37. The monoisotopic (exact) mass is 313 g/mol. The van der Waals surface area contributed by atoms with Crippen molar-refractivity contribution >= 4 is 11.8 Å². The van der Waals surface area contributed by atoms with Crippen LogP contribution in [-0.4, -0.2) is 15.5 Å². The Kier molecular flexibility index (Phi) is 5.19. The van der Waals surface area contributed by atoms with Crippen LogP contribution in [0.4, 0.5) is 13.2 Å². The summed E-state index contributed by atoms with van der Waals surface area (Å²) in [6, 6.07) is 6.31. The normalized spacial score (nSPS) is 11.6. The highest BCUT2D eigenvalue weighted by molar-refractivity contribution is 8.00. The molecule has 0 aliphatic heterocycles. The van der Waals surface area contributed by atoms with Crippen molar-refractivity contribution in [3.63, 3.8) is 0 Å². The average Bonchev–Trinajstić information content (AvgIpc) is 2.41. The van der Waals surface area contributed by atoms with Gasteiger partial charge in [0.2, 0.25) is 0 Å². The Morgan fingerprint density at radius 1 is 1.05 bits per heavy atom. The van der Waals surface area contributed by atoms with Gasteiger partial charge in [0.1, 0.15) is 0 Å². The van der Waals surface area contributed by atoms with Crippen LogP contribution in [0.25, 0.3) is 0 Å². The van der Waals surface area contributed by atoms with E-state index >= 15 is 0 Å². The molecule has 0 saturated carbocycles. The van der Waals surface area contributed by atoms with E-state index in [1.54, 1.807) is 24.5 Å². The average molecular weight is 313 g/mol. The SMILES string of the molecule is Cc1cnc(CNCc2ccc(SC(F)(F)F)cc2)cn1. The largest absolute Gasteiger partial charge is 0.446 e. The van der Waals surface area contributed by atoms with E-state index in [9.17, 15) is 13.2 Å². The number of nitrogens with one attached hydrogen (secondary N) is 1. The summed E-state index contributed by atoms with van der Waals surface area (Å²) in [5.41, 5.74) is -1.65. The molecule has 0 saturated heterocycles. The van der Waals surface area contributed by atoms with Gasteiger partial charge in [-0.05, 0) is 36.4 Å². The van der Waals surface area contributed by atoms with E-state index in [0.29, 0.717) is 13.1 Å². The second-order valence-corrected chi connectivity index (χ2v) is 5.58. The fraction of sp³-hybridized carbons (Fsp3) is 0.286. The Labute approximate surface area is 125 Å². The van der Waals surface area contributed by atoms with Crippen LogP contribution in [0.15, 0.2) is 41.6 Å². The number of hydrogen-bond donors (Lipinski definition) is 1. The molecule has 0 atom stereocenters. The Morgan fingerprint density at radius 3 is 2.33 bits per heavy atom. The lowest BCUT2D eigenvalue weighted by Crippen LogP contribution is -2.14. The number of rotatable bonds is 5. The lowest BCUT2D eigenvalue weighted by atomic mass is 10.2. The molecule has 1 N–H and O–H groups in total. The second-order valence-electron chi connectivity index (χ2n) is 4.44. The fourth-order valence-electron chi connectivity index (χ4n) is 1.65. The van der Waals surface area contributed by atoms with Crippen LogP contribution >= 0.6 is 11.8 Å². The van der Waals surface area contributed by atoms with E-state index in [0.717, 1.165) is 17.0 Å². The van der Waals surface area contributed by atoms with Crippen molar-refractivity contribution in [2.24, 2.45) is 0 Å². The zero-order chi connectivity index (χ0) is 15.3. The number of benzene rings is 1. The van der Waals surface area contributed by atoms with E-state index in [2.05, 4.69) is 15.3 Å². The molecule has 1 aromatic heterocycles. The molecule has 0 fully saturated rings. The van der Waals surface area contributed by atoms with Gasteiger partial charge in [0.05, 0.1) is 11.4 Å². The predicted molar refractivity (Wildman–Crippen MR) is 75.7 cm³/mol. The first-order valence-corrected chi connectivity index (χ1v) is 7.07. The minimum absolute atomic E-state index is 0.107. The maximum Gasteiger partial charge on any atom is 0.446 e. The molecule has 0 aliphatic carbocycles. The molecule has 21 heavy (non-hydrogen) atoms. The van der Waals surface area contributed by atoms with Crippen molar-refractivity contribution in [2.45, 2.75) is 30.4 Å². The molecule has 0 unspecified atom stereocenters. The summed E-state index contributed by atoms with van der Waals surface area (Å²) in [6.45, 7) is 2.99. The van der Waals surface area contributed by atoms with Crippen molar-refractivity contribution in [1.29, 1.82) is 0 Å². The maximum atomic E-state index is 12.2. The zero-order valence-electron chi connectivity index (χ0n) is 11.3. The minimum atomic E-state index is -4.25. The first kappa shape index (κ1) is 15.8. The molecule has 2 rings (SSSR count). The molecule has 0 radical (unpaired) electrons. The van der Waals surface area contributed by atoms with Gasteiger partial charge in [-0.25, -0.2) is 0 Å². The van der Waals surface area contributed by atoms with Gasteiger partial charge in [-0.15, -0.1) is 0 Å². The molecule has 1 heterocycles. The molecule has 1 aromatic carbocycles. The Balaban J connectivity index is 1.82. The maximum absolute atomic E-state index is 12.2. The van der Waals surface area contributed by atoms with Gasteiger partial charge in [-0.3, -0.25) is 9.97 Å². The first-order chi connectivity index (χ1) is 9.92. The van der Waals surface area contributed by atoms with Crippen LogP contribution in [0.3, 0.4) is 0 Å². The molecule has 0 amide bonds. The van der Waals surface area contributed by atoms with Crippen molar-refractivity contribution in [2.75, 3.05) is 0 Å². The van der Waals surface area contributed by atoms with Gasteiger partial charge in [0.25, 0.3) is 0 Å². The van der Waals surface area contributed by atoms with E-state index in [1.165, 1.54) is 12.1 Å². The van der Waals surface area contributed by atoms with E-state index in [4.69, 9.17) is 0 Å². The van der Waals surface area contributed by atoms with E-state index in [1.807, 2.05) is 6.92 Å². The van der Waals surface area contributed by atoms with Gasteiger partial charge in [-0.1, -0.05) is 12.1 Å². The van der Waals surface area contributed by atoms with E-state index in [-0.39, 0.29) is 16.7 Å². The van der Waals surface area contributed by atoms with Gasteiger partial charge in [0, 0.05) is 30.4 Å². The van der Waals surface area contributed by atoms with Gasteiger partial charge in [-0.2, -0.15) is 13.2 Å². The molecule has 3 nitrogen and oxygen atoms in total. The Bertz CT molecular complexity index is 568. The number of alkyl halides is 3. The smallest absolute Gasteiger partial charge is 0.307 e. The lowest BCUT2D eigenvalue weighted by Gasteiger charge is -2.07. The topological polar surface area (TPSA) is 37.8 Å². The molecule has 0 aliphatic rings. The van der Waals surface area contributed by atoms with Gasteiger partial charge >= 0.3 is 5.51 Å². The highest BCUT2D eigenvalue weighted by Crippen LogP contribution is 2.36. The minimum Gasteiger partial charge on any atom is -0.307 e. The summed E-state index contributed by atoms with van der Waals surface area (Å²) in [7, 11) is 0. The van der Waals surface area contributed by atoms with Crippen molar-refractivity contribution in [3.8, 4) is 0 Å². The van der Waals surface area contributed by atoms with Gasteiger partial charge in [0.15, 0.2) is 0 Å². The summed E-state index contributed by atoms with van der Waals surface area (Å²) in [4.78, 5) is 8.54. The Morgan fingerprint density at radius 2 is 1.76 bits per heavy atom. The van der Waals surface area contributed by atoms with Crippen LogP contribution in [0.5, 0.6) is 0 Å². The van der Waals surface area contributed by atoms with Crippen LogP contribution in [-0.2, 0) is 13.1 Å². The number of nitrogens with zero attached hydrogens (tertiary/aromatic N) is 2. The fourth-order valence-corrected chi connectivity index (χ4v) is 2.19. The quantitative estimate of drug-likeness (QED) is 0.854. The van der Waals surface area contributed by atoms with E-state index < -0.39 is 5.51 Å². The number of aromatic nitrogens is 2. The van der Waals surface area contributed by atoms with Crippen LogP contribution in [0, 0.1) is 6.92 Å². The molecule has 0 spiro atoms. The van der Waals surface area contributed by atoms with Gasteiger partial charge < -0.3 is 5.32 Å². The standard InChI is InChI=1S/C14H14F3N3S/c1-10-6-20-12(9-19-10)8-18-7-11-2-4-13(5-3-11)21-14(15,16)17/h2-6,9,18H,7-8H2,1H3. The first-order valence-electron chi connectivity index (χ1n) is 6.25. The molecule has 112 valence electrons. The third kappa shape index (κ3) is 5.73. The molecular formula is C14H14F3N3S. The summed E-state index contributed by atoms with van der Waals surface area (Å²) >= 11 is -0.107. The lowest BCUT2D eigenvalue weighted by molar-refractivity contribution is -0.0328. The number of halogens is 3. The summed E-state index contributed by atoms with van der Waals surface area (Å²) in [5, 5.41) is 3.17. The second kappa shape index (κ2) is 6.91. The summed E-state index contributed by atoms with van der Waals surface area (Å²) < 4.78 is 36.6. The molecule has 0 bridgehead atoms. The number of hydrogen-bond acceptors (Lipinski definition) is 4. The summed E-state index contributed by atoms with van der Waals surface area (Å²) in [6.07, 6.45) is 3.39. The van der Waals surface area contributed by atoms with Crippen molar-refractivity contribution in [1.82, 2.24) is 15.3 Å². The van der Waals surface area contributed by atoms with Crippen LogP contribution < -0.4 is 5.32 Å². The number of thioether (sulfide) groups is 1. The third-order valence-electron chi connectivity index (χ3n) is 2.63. The van der Waals surface area contributed by atoms with Crippen LogP contribution in [0.1, 0.15) is 17.0 Å². The predicted octanol–water partition coefficient (Wildman–Crippen LogP) is 3.69. The zero-order valence-corrected chi connectivity index (χ0v) is 12.1.